The third-order valence-corrected chi connectivity index (χ3v) is 4.79. The van der Waals surface area contributed by atoms with Gasteiger partial charge in [0.15, 0.2) is 0 Å². The first-order valence-electron chi connectivity index (χ1n) is 7.05. The van der Waals surface area contributed by atoms with Gasteiger partial charge in [0.2, 0.25) is 5.13 Å². The molecule has 0 bridgehead atoms. The van der Waals surface area contributed by atoms with E-state index in [1.807, 2.05) is 11.8 Å². The summed E-state index contributed by atoms with van der Waals surface area (Å²) >= 11 is 1.60. The van der Waals surface area contributed by atoms with E-state index >= 15 is 0 Å². The molecule has 1 aromatic rings. The number of rotatable bonds is 7. The SMILES string of the molecule is CCN(CC(=O)O)C1CC(Nc2nnc(C(C)C)s2)C1. The summed E-state index contributed by atoms with van der Waals surface area (Å²) < 4.78 is 0. The summed E-state index contributed by atoms with van der Waals surface area (Å²) in [6.45, 7) is 7.12. The van der Waals surface area contributed by atoms with E-state index in [1.165, 1.54) is 0 Å². The number of aliphatic carboxylic acids is 1. The average Bonchev–Trinajstić information content (AvgIpc) is 2.79. The highest BCUT2D eigenvalue weighted by atomic mass is 32.1. The normalized spacial score (nSPS) is 22.1. The summed E-state index contributed by atoms with van der Waals surface area (Å²) in [5, 5.41) is 22.5. The number of hydrogen-bond donors (Lipinski definition) is 2. The van der Waals surface area contributed by atoms with Gasteiger partial charge in [-0.05, 0) is 19.4 Å². The van der Waals surface area contributed by atoms with Gasteiger partial charge in [0.25, 0.3) is 0 Å². The topological polar surface area (TPSA) is 78.4 Å². The number of anilines is 1. The third-order valence-electron chi connectivity index (χ3n) is 3.64. The molecule has 0 atom stereocenters. The first-order chi connectivity index (χ1) is 9.49. The van der Waals surface area contributed by atoms with Gasteiger partial charge in [0.1, 0.15) is 5.01 Å². The molecular formula is C13H22N4O2S. The van der Waals surface area contributed by atoms with Crippen LogP contribution in [-0.2, 0) is 4.79 Å². The van der Waals surface area contributed by atoms with Crippen molar-refractivity contribution < 1.29 is 9.90 Å². The molecule has 0 aliphatic heterocycles. The minimum Gasteiger partial charge on any atom is -0.480 e. The van der Waals surface area contributed by atoms with Crippen LogP contribution in [0.5, 0.6) is 0 Å². The van der Waals surface area contributed by atoms with Crippen LogP contribution in [0.15, 0.2) is 0 Å². The molecule has 0 unspecified atom stereocenters. The van der Waals surface area contributed by atoms with Crippen LogP contribution in [0.25, 0.3) is 0 Å². The zero-order chi connectivity index (χ0) is 14.7. The molecule has 0 saturated heterocycles. The average molecular weight is 298 g/mol. The Bertz CT molecular complexity index is 457. The molecule has 112 valence electrons. The number of carbonyl (C=O) groups is 1. The lowest BCUT2D eigenvalue weighted by Gasteiger charge is -2.42. The molecule has 6 nitrogen and oxygen atoms in total. The maximum atomic E-state index is 10.8. The minimum absolute atomic E-state index is 0.129. The first-order valence-corrected chi connectivity index (χ1v) is 7.87. The molecule has 0 aromatic carbocycles. The molecule has 1 aromatic heterocycles. The second-order valence-electron chi connectivity index (χ2n) is 5.52. The smallest absolute Gasteiger partial charge is 0.317 e. The van der Waals surface area contributed by atoms with Crippen LogP contribution >= 0.6 is 11.3 Å². The molecule has 1 fully saturated rings. The maximum absolute atomic E-state index is 10.8. The van der Waals surface area contributed by atoms with Crippen molar-refractivity contribution in [1.29, 1.82) is 0 Å². The predicted octanol–water partition coefficient (Wildman–Crippen LogP) is 2.01. The van der Waals surface area contributed by atoms with Crippen molar-refractivity contribution in [3.63, 3.8) is 0 Å². The fourth-order valence-corrected chi connectivity index (χ4v) is 3.20. The number of hydrogen-bond acceptors (Lipinski definition) is 6. The van der Waals surface area contributed by atoms with E-state index in [0.717, 1.165) is 29.5 Å². The Kier molecular flexibility index (Phi) is 4.93. The van der Waals surface area contributed by atoms with Gasteiger partial charge in [0.05, 0.1) is 6.54 Å². The van der Waals surface area contributed by atoms with Crippen molar-refractivity contribution in [3.05, 3.63) is 5.01 Å². The number of carboxylic acids is 1. The second kappa shape index (κ2) is 6.49. The van der Waals surface area contributed by atoms with Crippen molar-refractivity contribution in [2.45, 2.75) is 51.6 Å². The van der Waals surface area contributed by atoms with Crippen molar-refractivity contribution in [2.75, 3.05) is 18.4 Å². The lowest BCUT2D eigenvalue weighted by atomic mass is 9.85. The molecule has 0 radical (unpaired) electrons. The van der Waals surface area contributed by atoms with Crippen LogP contribution < -0.4 is 5.32 Å². The molecule has 2 N–H and O–H groups in total. The summed E-state index contributed by atoms with van der Waals surface area (Å²) in [5.41, 5.74) is 0. The molecular weight excluding hydrogens is 276 g/mol. The summed E-state index contributed by atoms with van der Waals surface area (Å²) in [4.78, 5) is 12.8. The van der Waals surface area contributed by atoms with E-state index in [9.17, 15) is 4.79 Å². The molecule has 1 aliphatic rings. The number of nitrogens with one attached hydrogen (secondary N) is 1. The van der Waals surface area contributed by atoms with Gasteiger partial charge in [-0.1, -0.05) is 32.1 Å². The highest BCUT2D eigenvalue weighted by molar-refractivity contribution is 7.15. The van der Waals surface area contributed by atoms with Crippen LogP contribution in [0.3, 0.4) is 0 Å². The van der Waals surface area contributed by atoms with E-state index in [0.29, 0.717) is 18.0 Å². The Balaban J connectivity index is 1.79. The van der Waals surface area contributed by atoms with Gasteiger partial charge in [-0.15, -0.1) is 10.2 Å². The van der Waals surface area contributed by atoms with Crippen molar-refractivity contribution in [1.82, 2.24) is 15.1 Å². The number of nitrogens with zero attached hydrogens (tertiary/aromatic N) is 3. The van der Waals surface area contributed by atoms with E-state index in [2.05, 4.69) is 29.4 Å². The summed E-state index contributed by atoms with van der Waals surface area (Å²) in [7, 11) is 0. The molecule has 0 amide bonds. The lowest BCUT2D eigenvalue weighted by molar-refractivity contribution is -0.139. The van der Waals surface area contributed by atoms with Crippen LogP contribution in [0.2, 0.25) is 0 Å². The van der Waals surface area contributed by atoms with Crippen molar-refractivity contribution >= 4 is 22.4 Å². The summed E-state index contributed by atoms with van der Waals surface area (Å²) in [5.74, 6) is -0.350. The molecule has 1 saturated carbocycles. The maximum Gasteiger partial charge on any atom is 0.317 e. The van der Waals surface area contributed by atoms with Crippen molar-refractivity contribution in [3.8, 4) is 0 Å². The Morgan fingerprint density at radius 1 is 1.50 bits per heavy atom. The van der Waals surface area contributed by atoms with Crippen LogP contribution in [0.1, 0.15) is 44.5 Å². The van der Waals surface area contributed by atoms with Crippen LogP contribution in [-0.4, -0.2) is 51.3 Å². The standard InChI is InChI=1S/C13H22N4O2S/c1-4-17(7-11(18)19)10-5-9(6-10)14-13-16-15-12(20-13)8(2)3/h8-10H,4-7H2,1-3H3,(H,14,16)(H,18,19). The van der Waals surface area contributed by atoms with Gasteiger partial charge in [-0.3, -0.25) is 9.69 Å². The van der Waals surface area contributed by atoms with Gasteiger partial charge in [-0.25, -0.2) is 0 Å². The summed E-state index contributed by atoms with van der Waals surface area (Å²) in [6, 6.07) is 0.752. The Hall–Kier alpha value is -1.21. The summed E-state index contributed by atoms with van der Waals surface area (Å²) in [6.07, 6.45) is 1.94. The highest BCUT2D eigenvalue weighted by Crippen LogP contribution is 2.30. The number of aromatic nitrogens is 2. The van der Waals surface area contributed by atoms with Crippen molar-refractivity contribution in [2.24, 2.45) is 0 Å². The molecule has 1 aliphatic carbocycles. The first kappa shape index (κ1) is 15.2. The monoisotopic (exact) mass is 298 g/mol. The van der Waals surface area contributed by atoms with Crippen LogP contribution in [0, 0.1) is 0 Å². The highest BCUT2D eigenvalue weighted by Gasteiger charge is 2.34. The third kappa shape index (κ3) is 3.67. The largest absolute Gasteiger partial charge is 0.480 e. The van der Waals surface area contributed by atoms with E-state index in [-0.39, 0.29) is 6.54 Å². The molecule has 1 heterocycles. The predicted molar refractivity (Wildman–Crippen MR) is 79.3 cm³/mol. The minimum atomic E-state index is -0.756. The Morgan fingerprint density at radius 3 is 2.70 bits per heavy atom. The van der Waals surface area contributed by atoms with Gasteiger partial charge in [-0.2, -0.15) is 0 Å². The molecule has 20 heavy (non-hydrogen) atoms. The molecule has 2 rings (SSSR count). The number of likely N-dealkylation sites (N-methyl/N-ethyl adjacent to an activating group) is 1. The Labute approximate surface area is 123 Å². The zero-order valence-corrected chi connectivity index (χ0v) is 13.0. The van der Waals surface area contributed by atoms with Gasteiger partial charge < -0.3 is 10.4 Å². The fourth-order valence-electron chi connectivity index (χ4n) is 2.38. The van der Waals surface area contributed by atoms with Crippen LogP contribution in [0.4, 0.5) is 5.13 Å². The second-order valence-corrected chi connectivity index (χ2v) is 6.53. The quantitative estimate of drug-likeness (QED) is 0.802. The fraction of sp³-hybridized carbons (Fsp3) is 0.769. The molecule has 0 spiro atoms. The van der Waals surface area contributed by atoms with Gasteiger partial charge >= 0.3 is 5.97 Å². The van der Waals surface area contributed by atoms with E-state index in [1.54, 1.807) is 11.3 Å². The molecule has 7 heteroatoms. The van der Waals surface area contributed by atoms with E-state index < -0.39 is 5.97 Å². The van der Waals surface area contributed by atoms with E-state index in [4.69, 9.17) is 5.11 Å². The Morgan fingerprint density at radius 2 is 2.20 bits per heavy atom. The zero-order valence-electron chi connectivity index (χ0n) is 12.2. The number of carboxylic acid groups (broad SMARTS) is 1. The lowest BCUT2D eigenvalue weighted by Crippen LogP contribution is -2.51. The van der Waals surface area contributed by atoms with Gasteiger partial charge in [0, 0.05) is 18.0 Å².